The average molecular weight is 265 g/mol. The van der Waals surface area contributed by atoms with E-state index in [0.717, 1.165) is 0 Å². The van der Waals surface area contributed by atoms with Gasteiger partial charge in [0.1, 0.15) is 0 Å². The molecule has 1 heterocycles. The summed E-state index contributed by atoms with van der Waals surface area (Å²) in [7, 11) is 1.61. The van der Waals surface area contributed by atoms with Crippen LogP contribution in [0.15, 0.2) is 0 Å². The van der Waals surface area contributed by atoms with E-state index in [-0.39, 0.29) is 25.9 Å². The van der Waals surface area contributed by atoms with Crippen LogP contribution in [-0.4, -0.2) is 48.1 Å². The van der Waals surface area contributed by atoms with E-state index >= 15 is 0 Å². The van der Waals surface area contributed by atoms with Crippen LogP contribution in [0.1, 0.15) is 12.8 Å². The van der Waals surface area contributed by atoms with Gasteiger partial charge in [-0.05, 0) is 33.0 Å². The van der Waals surface area contributed by atoms with Crippen LogP contribution in [0, 0.1) is 5.92 Å². The third kappa shape index (κ3) is 2.52. The highest BCUT2D eigenvalue weighted by Crippen LogP contribution is 2.50. The fourth-order valence-electron chi connectivity index (χ4n) is 2.05. The Morgan fingerprint density at radius 2 is 1.29 bits per heavy atom. The first-order valence-corrected chi connectivity index (χ1v) is 5.04. The van der Waals surface area contributed by atoms with E-state index < -0.39 is 23.9 Å². The van der Waals surface area contributed by atoms with E-state index in [1.165, 1.54) is 0 Å². The lowest BCUT2D eigenvalue weighted by Crippen LogP contribution is -2.63. The van der Waals surface area contributed by atoms with Crippen molar-refractivity contribution < 1.29 is 31.4 Å². The lowest BCUT2D eigenvalue weighted by atomic mass is 9.79. The van der Waals surface area contributed by atoms with Gasteiger partial charge in [-0.2, -0.15) is 26.3 Å². The van der Waals surface area contributed by atoms with Crippen LogP contribution in [0.3, 0.4) is 0 Å². The molecule has 0 aromatic carbocycles. The second-order valence-electron chi connectivity index (χ2n) is 4.34. The second-order valence-corrected chi connectivity index (χ2v) is 4.34. The maximum absolute atomic E-state index is 12.5. The number of halogens is 6. The number of rotatable bonds is 1. The van der Waals surface area contributed by atoms with Crippen molar-refractivity contribution in [1.82, 2.24) is 4.90 Å². The van der Waals surface area contributed by atoms with Crippen LogP contribution in [0.25, 0.3) is 0 Å². The molecule has 0 unspecified atom stereocenters. The normalized spacial score (nSPS) is 21.9. The molecule has 1 N–H and O–H groups in total. The number of likely N-dealkylation sites (tertiary alicyclic amines) is 1. The van der Waals surface area contributed by atoms with Crippen molar-refractivity contribution in [3.05, 3.63) is 0 Å². The van der Waals surface area contributed by atoms with Crippen molar-refractivity contribution in [2.45, 2.75) is 30.8 Å². The van der Waals surface area contributed by atoms with Crippen molar-refractivity contribution in [3.8, 4) is 0 Å². The maximum Gasteiger partial charge on any atom is 0.426 e. The summed E-state index contributed by atoms with van der Waals surface area (Å²) in [5, 5.41) is 9.13. The lowest BCUT2D eigenvalue weighted by Gasteiger charge is -2.42. The Balaban J connectivity index is 3.00. The molecule has 8 heteroatoms. The largest absolute Gasteiger partial charge is 0.426 e. The van der Waals surface area contributed by atoms with Crippen molar-refractivity contribution in [1.29, 1.82) is 0 Å². The van der Waals surface area contributed by atoms with Crippen LogP contribution in [0.5, 0.6) is 0 Å². The minimum absolute atomic E-state index is 0.110. The summed E-state index contributed by atoms with van der Waals surface area (Å²) in [6, 6.07) is 0. The zero-order chi connectivity index (χ0) is 13.5. The topological polar surface area (TPSA) is 23.5 Å². The van der Waals surface area contributed by atoms with Crippen LogP contribution in [0.4, 0.5) is 26.3 Å². The first kappa shape index (κ1) is 14.6. The summed E-state index contributed by atoms with van der Waals surface area (Å²) in [5.41, 5.74) is -4.60. The molecule has 0 atom stereocenters. The highest BCUT2D eigenvalue weighted by molar-refractivity contribution is 5.00. The second kappa shape index (κ2) is 4.31. The quantitative estimate of drug-likeness (QED) is 0.735. The predicted molar refractivity (Wildman–Crippen MR) is 47.3 cm³/mol. The molecule has 0 radical (unpaired) electrons. The molecular formula is C9H13F6NO. The predicted octanol–water partition coefficient (Wildman–Crippen LogP) is 2.18. The summed E-state index contributed by atoms with van der Waals surface area (Å²) in [6.45, 7) is 0.221. The van der Waals surface area contributed by atoms with E-state index in [1.54, 1.807) is 11.9 Å². The molecule has 0 amide bonds. The summed E-state index contributed by atoms with van der Waals surface area (Å²) < 4.78 is 75.0. The first-order chi connectivity index (χ1) is 7.50. The van der Waals surface area contributed by atoms with Gasteiger partial charge in [-0.15, -0.1) is 0 Å². The highest BCUT2D eigenvalue weighted by Gasteiger charge is 2.73. The summed E-state index contributed by atoms with van der Waals surface area (Å²) in [4.78, 5) is 1.63. The summed E-state index contributed by atoms with van der Waals surface area (Å²) >= 11 is 0. The molecule has 1 fully saturated rings. The Labute approximate surface area is 94.2 Å². The Kier molecular flexibility index (Phi) is 3.69. The van der Waals surface area contributed by atoms with Gasteiger partial charge in [0.05, 0.1) is 0 Å². The molecule has 102 valence electrons. The Morgan fingerprint density at radius 3 is 1.59 bits per heavy atom. The van der Waals surface area contributed by atoms with Gasteiger partial charge < -0.3 is 10.0 Å². The van der Waals surface area contributed by atoms with Gasteiger partial charge in [0.15, 0.2) is 0 Å². The van der Waals surface area contributed by atoms with Gasteiger partial charge in [-0.1, -0.05) is 0 Å². The van der Waals surface area contributed by atoms with E-state index in [4.69, 9.17) is 5.11 Å². The van der Waals surface area contributed by atoms with Crippen LogP contribution >= 0.6 is 0 Å². The molecule has 17 heavy (non-hydrogen) atoms. The van der Waals surface area contributed by atoms with Crippen molar-refractivity contribution in [2.24, 2.45) is 5.92 Å². The third-order valence-electron chi connectivity index (χ3n) is 3.17. The number of hydrogen-bond acceptors (Lipinski definition) is 2. The summed E-state index contributed by atoms with van der Waals surface area (Å²) in [5.74, 6) is -1.83. The van der Waals surface area contributed by atoms with Gasteiger partial charge in [-0.3, -0.25) is 0 Å². The van der Waals surface area contributed by atoms with Crippen molar-refractivity contribution >= 4 is 0 Å². The average Bonchev–Trinajstić information content (AvgIpc) is 2.14. The Hall–Kier alpha value is -0.500. The van der Waals surface area contributed by atoms with Crippen LogP contribution in [0.2, 0.25) is 0 Å². The summed E-state index contributed by atoms with van der Waals surface area (Å²) in [6.07, 6.45) is -12.1. The van der Waals surface area contributed by atoms with E-state index in [9.17, 15) is 26.3 Å². The fraction of sp³-hybridized carbons (Fsp3) is 1.00. The molecule has 0 aromatic heterocycles. The monoisotopic (exact) mass is 265 g/mol. The molecule has 0 bridgehead atoms. The molecule has 2 nitrogen and oxygen atoms in total. The molecule has 0 spiro atoms. The molecule has 1 aliphatic heterocycles. The Morgan fingerprint density at radius 1 is 0.941 bits per heavy atom. The van der Waals surface area contributed by atoms with Crippen LogP contribution in [-0.2, 0) is 0 Å². The molecule has 0 saturated carbocycles. The van der Waals surface area contributed by atoms with Gasteiger partial charge >= 0.3 is 12.4 Å². The molecule has 0 aliphatic carbocycles. The lowest BCUT2D eigenvalue weighted by molar-refractivity contribution is -0.387. The van der Waals surface area contributed by atoms with Crippen molar-refractivity contribution in [3.63, 3.8) is 0 Å². The third-order valence-corrected chi connectivity index (χ3v) is 3.17. The fourth-order valence-corrected chi connectivity index (χ4v) is 2.05. The number of piperidine rings is 1. The van der Waals surface area contributed by atoms with Gasteiger partial charge in [0.25, 0.3) is 5.60 Å². The molecular weight excluding hydrogens is 252 g/mol. The minimum atomic E-state index is -5.70. The highest BCUT2D eigenvalue weighted by atomic mass is 19.4. The van der Waals surface area contributed by atoms with E-state index in [0.29, 0.717) is 0 Å². The van der Waals surface area contributed by atoms with Gasteiger partial charge in [0.2, 0.25) is 0 Å². The number of aliphatic hydroxyl groups is 1. The van der Waals surface area contributed by atoms with E-state index in [2.05, 4.69) is 0 Å². The molecule has 1 saturated heterocycles. The SMILES string of the molecule is CN1CCC(C(O)(C(F)(F)F)C(F)(F)F)CC1. The zero-order valence-electron chi connectivity index (χ0n) is 9.07. The smallest absolute Gasteiger partial charge is 0.373 e. The van der Waals surface area contributed by atoms with Crippen LogP contribution < -0.4 is 0 Å². The van der Waals surface area contributed by atoms with Gasteiger partial charge in [0, 0.05) is 5.92 Å². The zero-order valence-corrected chi connectivity index (χ0v) is 9.07. The van der Waals surface area contributed by atoms with Crippen molar-refractivity contribution in [2.75, 3.05) is 20.1 Å². The standard InChI is InChI=1S/C9H13F6NO/c1-16-4-2-6(3-5-16)7(17,8(10,11)12)9(13,14)15/h6,17H,2-5H2,1H3. The Bertz CT molecular complexity index is 252. The number of alkyl halides is 6. The molecule has 0 aromatic rings. The first-order valence-electron chi connectivity index (χ1n) is 5.04. The number of hydrogen-bond donors (Lipinski definition) is 1. The minimum Gasteiger partial charge on any atom is -0.373 e. The van der Waals surface area contributed by atoms with E-state index in [1.807, 2.05) is 0 Å². The molecule has 1 aliphatic rings. The maximum atomic E-state index is 12.5. The van der Waals surface area contributed by atoms with Gasteiger partial charge in [-0.25, -0.2) is 0 Å². The molecule has 1 rings (SSSR count). The number of nitrogens with zero attached hydrogens (tertiary/aromatic N) is 1.